The van der Waals surface area contributed by atoms with E-state index in [1.165, 1.54) is 11.3 Å². The summed E-state index contributed by atoms with van der Waals surface area (Å²) in [5.41, 5.74) is 0.223. The summed E-state index contributed by atoms with van der Waals surface area (Å²) in [5, 5.41) is 0. The molecule has 132 valence electrons. The molecular formula is C19H19ClO4S. The van der Waals surface area contributed by atoms with E-state index in [1.54, 1.807) is 12.1 Å². The number of esters is 1. The minimum absolute atomic E-state index is 0.0913. The normalized spacial score (nSPS) is 19.7. The van der Waals surface area contributed by atoms with Crippen molar-refractivity contribution in [3.63, 3.8) is 0 Å². The van der Waals surface area contributed by atoms with Gasteiger partial charge in [0.1, 0.15) is 5.41 Å². The summed E-state index contributed by atoms with van der Waals surface area (Å²) in [6.45, 7) is 0.984. The van der Waals surface area contributed by atoms with Gasteiger partial charge >= 0.3 is 5.97 Å². The van der Waals surface area contributed by atoms with Gasteiger partial charge < -0.3 is 9.47 Å². The molecule has 0 amide bonds. The van der Waals surface area contributed by atoms with Gasteiger partial charge in [-0.1, -0.05) is 41.9 Å². The van der Waals surface area contributed by atoms with Crippen LogP contribution in [0, 0.1) is 5.41 Å². The first-order valence-corrected chi connectivity index (χ1v) is 9.36. The molecule has 4 nitrogen and oxygen atoms in total. The van der Waals surface area contributed by atoms with E-state index in [-0.39, 0.29) is 24.8 Å². The molecule has 0 saturated carbocycles. The number of halogens is 1. The molecule has 0 spiro atoms. The van der Waals surface area contributed by atoms with Crippen LogP contribution in [0.2, 0.25) is 4.34 Å². The van der Waals surface area contributed by atoms with Crippen molar-refractivity contribution in [2.45, 2.75) is 19.3 Å². The maximum Gasteiger partial charge on any atom is 0.314 e. The Morgan fingerprint density at radius 1 is 1.20 bits per heavy atom. The maximum absolute atomic E-state index is 12.7. The smallest absolute Gasteiger partial charge is 0.314 e. The number of carbonyl (C=O) groups is 2. The van der Waals surface area contributed by atoms with E-state index in [0.717, 1.165) is 5.56 Å². The number of thiophene rings is 1. The predicted octanol–water partition coefficient (Wildman–Crippen LogP) is 4.17. The third kappa shape index (κ3) is 4.48. The number of benzene rings is 1. The average Bonchev–Trinajstić information content (AvgIpc) is 3.26. The summed E-state index contributed by atoms with van der Waals surface area (Å²) in [6, 6.07) is 13.2. The monoisotopic (exact) mass is 378 g/mol. The van der Waals surface area contributed by atoms with Gasteiger partial charge in [-0.05, 0) is 24.1 Å². The second-order valence-corrected chi connectivity index (χ2v) is 7.87. The lowest BCUT2D eigenvalue weighted by Crippen LogP contribution is -2.36. The molecule has 1 aromatic carbocycles. The van der Waals surface area contributed by atoms with Crippen molar-refractivity contribution < 1.29 is 19.1 Å². The van der Waals surface area contributed by atoms with Crippen molar-refractivity contribution in [2.75, 3.05) is 19.8 Å². The van der Waals surface area contributed by atoms with Gasteiger partial charge in [0, 0.05) is 19.4 Å². The van der Waals surface area contributed by atoms with Crippen LogP contribution in [0.15, 0.2) is 42.5 Å². The van der Waals surface area contributed by atoms with Crippen LogP contribution in [-0.4, -0.2) is 31.6 Å². The van der Waals surface area contributed by atoms with Crippen LogP contribution >= 0.6 is 22.9 Å². The number of rotatable bonds is 7. The lowest BCUT2D eigenvalue weighted by Gasteiger charge is -2.24. The van der Waals surface area contributed by atoms with Crippen LogP contribution in [0.25, 0.3) is 0 Å². The molecule has 1 atom stereocenters. The number of hydrogen-bond acceptors (Lipinski definition) is 5. The van der Waals surface area contributed by atoms with Crippen molar-refractivity contribution in [3.05, 3.63) is 57.2 Å². The standard InChI is InChI=1S/C19H19ClO4S/c20-17-7-6-16(25-17)15(21)12-19(9-11-23-13-19)18(22)24-10-8-14-4-2-1-3-5-14/h1-7H,8-13H2/t19-/m0/s1. The number of carbonyl (C=O) groups excluding carboxylic acids is 2. The van der Waals surface area contributed by atoms with Crippen molar-refractivity contribution in [3.8, 4) is 0 Å². The molecule has 0 N–H and O–H groups in total. The molecule has 1 aromatic heterocycles. The second-order valence-electron chi connectivity index (χ2n) is 6.16. The summed E-state index contributed by atoms with van der Waals surface area (Å²) in [6.07, 6.45) is 1.24. The van der Waals surface area contributed by atoms with Crippen LogP contribution < -0.4 is 0 Å². The Morgan fingerprint density at radius 2 is 2.00 bits per heavy atom. The molecular weight excluding hydrogens is 360 g/mol. The fourth-order valence-electron chi connectivity index (χ4n) is 2.90. The number of ketones is 1. The van der Waals surface area contributed by atoms with E-state index in [9.17, 15) is 9.59 Å². The first-order valence-electron chi connectivity index (χ1n) is 8.16. The van der Waals surface area contributed by atoms with Crippen LogP contribution in [0.4, 0.5) is 0 Å². The Balaban J connectivity index is 1.61. The fraction of sp³-hybridized carbons (Fsp3) is 0.368. The van der Waals surface area contributed by atoms with Crippen molar-refractivity contribution >= 4 is 34.7 Å². The highest BCUT2D eigenvalue weighted by molar-refractivity contribution is 7.18. The van der Waals surface area contributed by atoms with Gasteiger partial charge in [-0.2, -0.15) is 0 Å². The van der Waals surface area contributed by atoms with Crippen LogP contribution in [0.5, 0.6) is 0 Å². The van der Waals surface area contributed by atoms with Crippen LogP contribution in [0.3, 0.4) is 0 Å². The third-order valence-electron chi connectivity index (χ3n) is 4.35. The zero-order chi connectivity index (χ0) is 17.7. The van der Waals surface area contributed by atoms with Crippen LogP contribution in [-0.2, 0) is 20.7 Å². The molecule has 6 heteroatoms. The molecule has 2 heterocycles. The van der Waals surface area contributed by atoms with Gasteiger partial charge in [-0.3, -0.25) is 9.59 Å². The highest BCUT2D eigenvalue weighted by atomic mass is 35.5. The third-order valence-corrected chi connectivity index (χ3v) is 5.62. The lowest BCUT2D eigenvalue weighted by atomic mass is 9.82. The molecule has 1 aliphatic rings. The van der Waals surface area contributed by atoms with E-state index < -0.39 is 5.41 Å². The van der Waals surface area contributed by atoms with Crippen molar-refractivity contribution in [2.24, 2.45) is 5.41 Å². The van der Waals surface area contributed by atoms with Gasteiger partial charge in [-0.25, -0.2) is 0 Å². The first kappa shape index (κ1) is 18.1. The van der Waals surface area contributed by atoms with Gasteiger partial charge in [0.15, 0.2) is 5.78 Å². The highest BCUT2D eigenvalue weighted by Gasteiger charge is 2.45. The molecule has 0 bridgehead atoms. The Morgan fingerprint density at radius 3 is 2.64 bits per heavy atom. The molecule has 1 saturated heterocycles. The Bertz CT molecular complexity index is 735. The molecule has 0 aliphatic carbocycles. The minimum Gasteiger partial charge on any atom is -0.465 e. The lowest BCUT2D eigenvalue weighted by molar-refractivity contribution is -0.155. The SMILES string of the molecule is O=C(C[C@@]1(C(=O)OCCc2ccccc2)CCOC1)c1ccc(Cl)s1. The first-order chi connectivity index (χ1) is 12.1. The van der Waals surface area contributed by atoms with Crippen molar-refractivity contribution in [1.29, 1.82) is 0 Å². The summed E-state index contributed by atoms with van der Waals surface area (Å²) < 4.78 is 11.5. The highest BCUT2D eigenvalue weighted by Crippen LogP contribution is 2.36. The number of ether oxygens (including phenoxy) is 2. The van der Waals surface area contributed by atoms with Gasteiger partial charge in [0.25, 0.3) is 0 Å². The van der Waals surface area contributed by atoms with Crippen molar-refractivity contribution in [1.82, 2.24) is 0 Å². The summed E-state index contributed by atoms with van der Waals surface area (Å²) in [5.74, 6) is -0.445. The van der Waals surface area contributed by atoms with E-state index in [4.69, 9.17) is 21.1 Å². The van der Waals surface area contributed by atoms with Gasteiger partial charge in [0.05, 0.1) is 22.4 Å². The van der Waals surface area contributed by atoms with Gasteiger partial charge in [-0.15, -0.1) is 11.3 Å². The Hall–Kier alpha value is -1.69. The quantitative estimate of drug-likeness (QED) is 0.536. The van der Waals surface area contributed by atoms with E-state index in [0.29, 0.717) is 35.3 Å². The van der Waals surface area contributed by atoms with Crippen LogP contribution in [0.1, 0.15) is 28.1 Å². The van der Waals surface area contributed by atoms with Gasteiger partial charge in [0.2, 0.25) is 0 Å². The molecule has 1 aliphatic heterocycles. The zero-order valence-corrected chi connectivity index (χ0v) is 15.3. The number of hydrogen-bond donors (Lipinski definition) is 0. The molecule has 0 radical (unpaired) electrons. The molecule has 2 aromatic rings. The fourth-order valence-corrected chi connectivity index (χ4v) is 3.88. The largest absolute Gasteiger partial charge is 0.465 e. The summed E-state index contributed by atoms with van der Waals surface area (Å²) >= 11 is 7.12. The minimum atomic E-state index is -0.885. The predicted molar refractivity (Wildman–Crippen MR) is 97.3 cm³/mol. The summed E-state index contributed by atoms with van der Waals surface area (Å²) in [4.78, 5) is 25.7. The summed E-state index contributed by atoms with van der Waals surface area (Å²) in [7, 11) is 0. The maximum atomic E-state index is 12.7. The average molecular weight is 379 g/mol. The topological polar surface area (TPSA) is 52.6 Å². The van der Waals surface area contributed by atoms with E-state index in [2.05, 4.69) is 0 Å². The van der Waals surface area contributed by atoms with E-state index >= 15 is 0 Å². The second kappa shape index (κ2) is 8.13. The molecule has 3 rings (SSSR count). The molecule has 1 fully saturated rings. The zero-order valence-electron chi connectivity index (χ0n) is 13.7. The Kier molecular flexibility index (Phi) is 5.89. The Labute approximate surface area is 155 Å². The molecule has 25 heavy (non-hydrogen) atoms. The number of Topliss-reactive ketones (excluding diaryl/α,β-unsaturated/α-hetero) is 1. The van der Waals surface area contributed by atoms with E-state index in [1.807, 2.05) is 30.3 Å². The molecule has 0 unspecified atom stereocenters.